The summed E-state index contributed by atoms with van der Waals surface area (Å²) in [6, 6.07) is 2.34. The molecular formula is C13H15ClN2O6. The molecule has 0 unspecified atom stereocenters. The molecule has 2 aliphatic heterocycles. The monoisotopic (exact) mass is 330 g/mol. The number of carbonyl (C=O) groups is 1. The molecule has 22 heavy (non-hydrogen) atoms. The molecule has 2 aliphatic rings. The van der Waals surface area contributed by atoms with E-state index in [4.69, 9.17) is 14.2 Å². The zero-order valence-electron chi connectivity index (χ0n) is 12.0. The predicted octanol–water partition coefficient (Wildman–Crippen LogP) is 2.55. The quantitative estimate of drug-likeness (QED) is 0.660. The maximum Gasteiger partial charge on any atom is 0.407 e. The number of amides is 1. The van der Waals surface area contributed by atoms with E-state index in [1.807, 2.05) is 13.8 Å². The first-order valence-corrected chi connectivity index (χ1v) is 6.40. The molecule has 120 valence electrons. The summed E-state index contributed by atoms with van der Waals surface area (Å²) in [4.78, 5) is 22.3. The number of fused-ring (bicyclic) bond motifs is 1. The van der Waals surface area contributed by atoms with Crippen LogP contribution < -0.4 is 14.8 Å². The van der Waals surface area contributed by atoms with Gasteiger partial charge in [0.1, 0.15) is 6.61 Å². The number of nitrogens with zero attached hydrogens (tertiary/aromatic N) is 1. The summed E-state index contributed by atoms with van der Waals surface area (Å²) in [5.41, 5.74) is -0.225. The standard InChI is InChI=1S/C13H14N2O6.ClH/c1-13(2)5-19-12(16)14-11(13)7-3-9-10(21-6-20-9)4-8(7)15(17)18;/h3-4,11H,5-6H2,1-2H3,(H,14,16);1H/t11-;/m0./s1. The summed E-state index contributed by atoms with van der Waals surface area (Å²) in [5, 5.41) is 14.0. The SMILES string of the molecule is CC1(C)COC(=O)N[C@H]1c1cc2c(cc1[N+](=O)[O-])OCO2.Cl. The fourth-order valence-electron chi connectivity index (χ4n) is 2.52. The first kappa shape index (κ1) is 16.2. The van der Waals surface area contributed by atoms with Gasteiger partial charge in [0, 0.05) is 5.41 Å². The van der Waals surface area contributed by atoms with Crippen LogP contribution in [0.2, 0.25) is 0 Å². The lowest BCUT2D eigenvalue weighted by Crippen LogP contribution is -2.47. The number of cyclic esters (lactones) is 1. The van der Waals surface area contributed by atoms with Crippen molar-refractivity contribution in [2.45, 2.75) is 19.9 Å². The van der Waals surface area contributed by atoms with E-state index in [2.05, 4.69) is 5.32 Å². The Hall–Kier alpha value is -2.22. The Balaban J connectivity index is 0.00000176. The Kier molecular flexibility index (Phi) is 4.06. The predicted molar refractivity (Wildman–Crippen MR) is 77.5 cm³/mol. The number of hydrogen-bond donors (Lipinski definition) is 1. The molecular weight excluding hydrogens is 316 g/mol. The van der Waals surface area contributed by atoms with Crippen LogP contribution in [0.4, 0.5) is 10.5 Å². The van der Waals surface area contributed by atoms with Crippen LogP contribution in [0.15, 0.2) is 12.1 Å². The third-order valence-corrected chi connectivity index (χ3v) is 3.65. The van der Waals surface area contributed by atoms with Gasteiger partial charge in [-0.05, 0) is 6.07 Å². The van der Waals surface area contributed by atoms with Crippen molar-refractivity contribution >= 4 is 24.2 Å². The Morgan fingerprint density at radius 3 is 2.55 bits per heavy atom. The molecule has 1 aromatic rings. The zero-order valence-corrected chi connectivity index (χ0v) is 12.8. The van der Waals surface area contributed by atoms with E-state index in [0.29, 0.717) is 17.1 Å². The van der Waals surface area contributed by atoms with E-state index in [1.54, 1.807) is 6.07 Å². The molecule has 1 fully saturated rings. The van der Waals surface area contributed by atoms with Crippen LogP contribution in [0.3, 0.4) is 0 Å². The first-order chi connectivity index (χ1) is 9.88. The van der Waals surface area contributed by atoms with Crippen LogP contribution in [0.5, 0.6) is 11.5 Å². The molecule has 0 aromatic heterocycles. The highest BCUT2D eigenvalue weighted by Crippen LogP contribution is 2.45. The van der Waals surface area contributed by atoms with Crippen LogP contribution in [-0.4, -0.2) is 24.4 Å². The minimum absolute atomic E-state index is 0. The van der Waals surface area contributed by atoms with Crippen LogP contribution in [0.25, 0.3) is 0 Å². The molecule has 1 amide bonds. The van der Waals surface area contributed by atoms with E-state index in [0.717, 1.165) is 0 Å². The molecule has 1 atom stereocenters. The molecule has 8 nitrogen and oxygen atoms in total. The lowest BCUT2D eigenvalue weighted by Gasteiger charge is -2.38. The average molecular weight is 331 g/mol. The van der Waals surface area contributed by atoms with Crippen molar-refractivity contribution < 1.29 is 23.9 Å². The molecule has 0 radical (unpaired) electrons. The van der Waals surface area contributed by atoms with Gasteiger partial charge in [0.15, 0.2) is 11.5 Å². The molecule has 1 N–H and O–H groups in total. The fourth-order valence-corrected chi connectivity index (χ4v) is 2.52. The van der Waals surface area contributed by atoms with Gasteiger partial charge in [0.25, 0.3) is 5.69 Å². The van der Waals surface area contributed by atoms with Crippen LogP contribution in [0, 0.1) is 15.5 Å². The highest BCUT2D eigenvalue weighted by molar-refractivity contribution is 5.85. The third kappa shape index (κ3) is 2.61. The first-order valence-electron chi connectivity index (χ1n) is 6.40. The number of halogens is 1. The Labute approximate surface area is 132 Å². The van der Waals surface area contributed by atoms with Crippen molar-refractivity contribution in [3.8, 4) is 11.5 Å². The van der Waals surface area contributed by atoms with Gasteiger partial charge in [-0.3, -0.25) is 10.1 Å². The number of carbonyl (C=O) groups excluding carboxylic acids is 1. The molecule has 0 aliphatic carbocycles. The maximum absolute atomic E-state index is 11.5. The summed E-state index contributed by atoms with van der Waals surface area (Å²) in [7, 11) is 0. The summed E-state index contributed by atoms with van der Waals surface area (Å²) < 4.78 is 15.4. The normalized spacial score (nSPS) is 21.4. The smallest absolute Gasteiger partial charge is 0.407 e. The highest BCUT2D eigenvalue weighted by Gasteiger charge is 2.42. The summed E-state index contributed by atoms with van der Waals surface area (Å²) in [6.07, 6.45) is -0.591. The number of nitrogens with one attached hydrogen (secondary N) is 1. The number of rotatable bonds is 2. The van der Waals surface area contributed by atoms with Gasteiger partial charge in [-0.2, -0.15) is 0 Å². The lowest BCUT2D eigenvalue weighted by molar-refractivity contribution is -0.386. The number of ether oxygens (including phenoxy) is 3. The Morgan fingerprint density at radius 2 is 1.91 bits per heavy atom. The molecule has 1 aromatic carbocycles. The molecule has 0 bridgehead atoms. The second-order valence-electron chi connectivity index (χ2n) is 5.66. The van der Waals surface area contributed by atoms with Crippen molar-refractivity contribution in [2.75, 3.05) is 13.4 Å². The van der Waals surface area contributed by atoms with Gasteiger partial charge in [-0.1, -0.05) is 13.8 Å². The second-order valence-corrected chi connectivity index (χ2v) is 5.66. The van der Waals surface area contributed by atoms with Crippen LogP contribution in [-0.2, 0) is 4.74 Å². The number of hydrogen-bond acceptors (Lipinski definition) is 6. The molecule has 1 saturated heterocycles. The second kappa shape index (κ2) is 5.53. The molecule has 0 spiro atoms. The number of nitro benzene ring substituents is 1. The zero-order chi connectivity index (χ0) is 15.2. The topological polar surface area (TPSA) is 99.9 Å². The van der Waals surface area contributed by atoms with Gasteiger partial charge < -0.3 is 19.5 Å². The number of alkyl carbamates (subject to hydrolysis) is 1. The van der Waals surface area contributed by atoms with Gasteiger partial charge >= 0.3 is 6.09 Å². The summed E-state index contributed by atoms with van der Waals surface area (Å²) >= 11 is 0. The van der Waals surface area contributed by atoms with Gasteiger partial charge in [-0.25, -0.2) is 4.79 Å². The van der Waals surface area contributed by atoms with Gasteiger partial charge in [-0.15, -0.1) is 12.4 Å². The van der Waals surface area contributed by atoms with E-state index in [9.17, 15) is 14.9 Å². The largest absolute Gasteiger partial charge is 0.454 e. The van der Waals surface area contributed by atoms with E-state index < -0.39 is 22.5 Å². The van der Waals surface area contributed by atoms with Crippen LogP contribution in [0.1, 0.15) is 25.5 Å². The van der Waals surface area contributed by atoms with Gasteiger partial charge in [0.05, 0.1) is 22.6 Å². The van der Waals surface area contributed by atoms with Crippen molar-refractivity contribution in [1.29, 1.82) is 0 Å². The van der Waals surface area contributed by atoms with Crippen LogP contribution >= 0.6 is 12.4 Å². The molecule has 3 rings (SSSR count). The average Bonchev–Trinajstić information content (AvgIpc) is 2.87. The minimum atomic E-state index is -0.591. The highest BCUT2D eigenvalue weighted by atomic mass is 35.5. The Morgan fingerprint density at radius 1 is 1.27 bits per heavy atom. The van der Waals surface area contributed by atoms with Crippen molar-refractivity contribution in [3.05, 3.63) is 27.8 Å². The number of nitro groups is 1. The van der Waals surface area contributed by atoms with Crippen molar-refractivity contribution in [3.63, 3.8) is 0 Å². The Bertz CT molecular complexity index is 633. The molecule has 2 heterocycles. The van der Waals surface area contributed by atoms with Crippen molar-refractivity contribution in [2.24, 2.45) is 5.41 Å². The van der Waals surface area contributed by atoms with Crippen molar-refractivity contribution in [1.82, 2.24) is 5.32 Å². The maximum atomic E-state index is 11.5. The van der Waals surface area contributed by atoms with E-state index in [-0.39, 0.29) is 31.5 Å². The third-order valence-electron chi connectivity index (χ3n) is 3.65. The van der Waals surface area contributed by atoms with E-state index >= 15 is 0 Å². The fraction of sp³-hybridized carbons (Fsp3) is 0.462. The lowest BCUT2D eigenvalue weighted by atomic mass is 9.79. The molecule has 0 saturated carbocycles. The summed E-state index contributed by atoms with van der Waals surface area (Å²) in [5.74, 6) is 0.772. The summed E-state index contributed by atoms with van der Waals surface area (Å²) in [6.45, 7) is 3.94. The molecule has 9 heteroatoms. The van der Waals surface area contributed by atoms with Gasteiger partial charge in [0.2, 0.25) is 6.79 Å². The minimum Gasteiger partial charge on any atom is -0.454 e. The number of benzene rings is 1. The van der Waals surface area contributed by atoms with E-state index in [1.165, 1.54) is 6.07 Å².